The van der Waals surface area contributed by atoms with Gasteiger partial charge < -0.3 is 15.3 Å². The van der Waals surface area contributed by atoms with Gasteiger partial charge in [-0.15, -0.1) is 0 Å². The highest BCUT2D eigenvalue weighted by atomic mass is 16.4. The molecule has 14 heavy (non-hydrogen) atoms. The minimum atomic E-state index is -1.82. The lowest BCUT2D eigenvalue weighted by Gasteiger charge is -2.15. The van der Waals surface area contributed by atoms with Gasteiger partial charge in [0.25, 0.3) is 0 Å². The summed E-state index contributed by atoms with van der Waals surface area (Å²) in [5.41, 5.74) is 1.01. The molecule has 76 valence electrons. The number of aliphatic carboxylic acids is 1. The number of nitrogens with zero attached hydrogens (tertiary/aromatic N) is 1. The number of hydrogen-bond acceptors (Lipinski definition) is 4. The molecule has 2 unspecified atom stereocenters. The largest absolute Gasteiger partial charge is 0.479 e. The summed E-state index contributed by atoms with van der Waals surface area (Å²) in [6, 6.07) is 1.63. The molecule has 0 bridgehead atoms. The predicted octanol–water partition coefficient (Wildman–Crippen LogP) is -0.131. The number of rotatable bonds is 3. The van der Waals surface area contributed by atoms with E-state index in [9.17, 15) is 9.90 Å². The van der Waals surface area contributed by atoms with Gasteiger partial charge in [0.1, 0.15) is 6.10 Å². The van der Waals surface area contributed by atoms with Crippen molar-refractivity contribution in [2.45, 2.75) is 19.1 Å². The summed E-state index contributed by atoms with van der Waals surface area (Å²) in [5.74, 6) is -1.46. The molecule has 1 aromatic heterocycles. The monoisotopic (exact) mass is 197 g/mol. The van der Waals surface area contributed by atoms with Crippen molar-refractivity contribution in [2.75, 3.05) is 0 Å². The molecule has 0 aliphatic heterocycles. The van der Waals surface area contributed by atoms with E-state index in [0.29, 0.717) is 11.1 Å². The molecule has 1 heterocycles. The third kappa shape index (κ3) is 2.07. The topological polar surface area (TPSA) is 90.7 Å². The molecular weight excluding hydrogens is 186 g/mol. The maximum absolute atomic E-state index is 10.4. The minimum absolute atomic E-state index is 0.322. The van der Waals surface area contributed by atoms with E-state index in [4.69, 9.17) is 10.2 Å². The van der Waals surface area contributed by atoms with E-state index < -0.39 is 18.2 Å². The molecule has 0 aliphatic carbocycles. The number of hydrogen-bond donors (Lipinski definition) is 3. The van der Waals surface area contributed by atoms with E-state index >= 15 is 0 Å². The molecular formula is C9H11NO4. The fourth-order valence-electron chi connectivity index (χ4n) is 1.09. The summed E-state index contributed by atoms with van der Waals surface area (Å²) in [6.45, 7) is 1.70. The molecule has 0 saturated heterocycles. The second-order valence-corrected chi connectivity index (χ2v) is 2.96. The van der Waals surface area contributed by atoms with Crippen LogP contribution in [0, 0.1) is 6.92 Å². The van der Waals surface area contributed by atoms with Crippen LogP contribution >= 0.6 is 0 Å². The Labute approximate surface area is 80.7 Å². The summed E-state index contributed by atoms with van der Waals surface area (Å²) in [4.78, 5) is 14.1. The van der Waals surface area contributed by atoms with Crippen LogP contribution in [0.4, 0.5) is 0 Å². The quantitative estimate of drug-likeness (QED) is 0.627. The first kappa shape index (κ1) is 10.6. The maximum atomic E-state index is 10.4. The van der Waals surface area contributed by atoms with Crippen LogP contribution < -0.4 is 0 Å². The highest BCUT2D eigenvalue weighted by Gasteiger charge is 2.26. The lowest BCUT2D eigenvalue weighted by molar-refractivity contribution is -0.153. The van der Waals surface area contributed by atoms with Crippen molar-refractivity contribution in [3.8, 4) is 0 Å². The van der Waals surface area contributed by atoms with Crippen LogP contribution in [0.15, 0.2) is 18.5 Å². The Balaban J connectivity index is 2.94. The molecule has 2 atom stereocenters. The van der Waals surface area contributed by atoms with Crippen molar-refractivity contribution in [3.05, 3.63) is 29.6 Å². The average Bonchev–Trinajstić information content (AvgIpc) is 2.16. The highest BCUT2D eigenvalue weighted by Crippen LogP contribution is 2.19. The van der Waals surface area contributed by atoms with Gasteiger partial charge in [-0.25, -0.2) is 4.79 Å². The molecule has 0 aromatic carbocycles. The van der Waals surface area contributed by atoms with Gasteiger partial charge in [0.05, 0.1) is 0 Å². The summed E-state index contributed by atoms with van der Waals surface area (Å²) >= 11 is 0. The van der Waals surface area contributed by atoms with Gasteiger partial charge >= 0.3 is 5.97 Å². The first-order valence-electron chi connectivity index (χ1n) is 4.03. The van der Waals surface area contributed by atoms with Gasteiger partial charge in [0.15, 0.2) is 6.10 Å². The first-order valence-corrected chi connectivity index (χ1v) is 4.03. The fourth-order valence-corrected chi connectivity index (χ4v) is 1.09. The number of aliphatic hydroxyl groups is 2. The van der Waals surface area contributed by atoms with Crippen molar-refractivity contribution in [1.82, 2.24) is 4.98 Å². The summed E-state index contributed by atoms with van der Waals surface area (Å²) in [7, 11) is 0. The predicted molar refractivity (Wildman–Crippen MR) is 47.6 cm³/mol. The number of aryl methyl sites for hydroxylation is 1. The van der Waals surface area contributed by atoms with Gasteiger partial charge in [0.2, 0.25) is 0 Å². The van der Waals surface area contributed by atoms with Crippen molar-refractivity contribution in [1.29, 1.82) is 0 Å². The first-order chi connectivity index (χ1) is 6.54. The second-order valence-electron chi connectivity index (χ2n) is 2.96. The normalized spacial score (nSPS) is 14.8. The van der Waals surface area contributed by atoms with Gasteiger partial charge in [0, 0.05) is 18.0 Å². The Hall–Kier alpha value is -1.46. The molecule has 0 saturated carbocycles. The number of carboxylic acid groups (broad SMARTS) is 1. The average molecular weight is 197 g/mol. The fraction of sp³-hybridized carbons (Fsp3) is 0.333. The third-order valence-electron chi connectivity index (χ3n) is 1.95. The molecule has 5 nitrogen and oxygen atoms in total. The van der Waals surface area contributed by atoms with Crippen molar-refractivity contribution in [3.63, 3.8) is 0 Å². The molecule has 0 amide bonds. The number of aliphatic hydroxyl groups excluding tert-OH is 2. The van der Waals surface area contributed by atoms with Crippen LogP contribution in [0.3, 0.4) is 0 Å². The Morgan fingerprint density at radius 1 is 1.50 bits per heavy atom. The minimum Gasteiger partial charge on any atom is -0.479 e. The van der Waals surface area contributed by atoms with Gasteiger partial charge in [-0.05, 0) is 18.6 Å². The van der Waals surface area contributed by atoms with E-state index in [0.717, 1.165) is 0 Å². The Bertz CT molecular complexity index is 339. The molecule has 0 fully saturated rings. The lowest BCUT2D eigenvalue weighted by atomic mass is 10.0. The van der Waals surface area contributed by atoms with Crippen LogP contribution in [-0.4, -0.2) is 32.4 Å². The second kappa shape index (κ2) is 4.17. The highest BCUT2D eigenvalue weighted by molar-refractivity contribution is 5.73. The molecule has 0 spiro atoms. The maximum Gasteiger partial charge on any atom is 0.335 e. The zero-order valence-electron chi connectivity index (χ0n) is 7.58. The third-order valence-corrected chi connectivity index (χ3v) is 1.95. The summed E-state index contributed by atoms with van der Waals surface area (Å²) < 4.78 is 0. The van der Waals surface area contributed by atoms with Gasteiger partial charge in [-0.2, -0.15) is 0 Å². The molecule has 0 aliphatic rings. The van der Waals surface area contributed by atoms with Crippen molar-refractivity contribution in [2.24, 2.45) is 0 Å². The van der Waals surface area contributed by atoms with Crippen LogP contribution in [0.25, 0.3) is 0 Å². The Morgan fingerprint density at radius 3 is 2.64 bits per heavy atom. The number of aromatic nitrogens is 1. The van der Waals surface area contributed by atoms with Gasteiger partial charge in [-0.1, -0.05) is 0 Å². The van der Waals surface area contributed by atoms with Crippen LogP contribution in [0.1, 0.15) is 17.2 Å². The SMILES string of the molecule is Cc1ccncc1C(O)C(O)C(=O)O. The van der Waals surface area contributed by atoms with E-state index in [1.54, 1.807) is 13.0 Å². The van der Waals surface area contributed by atoms with Gasteiger partial charge in [-0.3, -0.25) is 4.98 Å². The smallest absolute Gasteiger partial charge is 0.335 e. The van der Waals surface area contributed by atoms with Crippen LogP contribution in [0.5, 0.6) is 0 Å². The Kier molecular flexibility index (Phi) is 3.16. The number of carboxylic acids is 1. The van der Waals surface area contributed by atoms with Crippen molar-refractivity contribution >= 4 is 5.97 Å². The number of pyridine rings is 1. The molecule has 5 heteroatoms. The van der Waals surface area contributed by atoms with Crippen molar-refractivity contribution < 1.29 is 20.1 Å². The van der Waals surface area contributed by atoms with E-state index in [2.05, 4.69) is 4.98 Å². The molecule has 1 rings (SSSR count). The lowest BCUT2D eigenvalue weighted by Crippen LogP contribution is -2.28. The molecule has 0 radical (unpaired) electrons. The Morgan fingerprint density at radius 2 is 2.14 bits per heavy atom. The molecule has 3 N–H and O–H groups in total. The van der Waals surface area contributed by atoms with E-state index in [1.807, 2.05) is 0 Å². The van der Waals surface area contributed by atoms with E-state index in [1.165, 1.54) is 12.4 Å². The molecule has 1 aromatic rings. The van der Waals surface area contributed by atoms with Crippen LogP contribution in [-0.2, 0) is 4.79 Å². The summed E-state index contributed by atoms with van der Waals surface area (Å²) in [6.07, 6.45) is -0.399. The van der Waals surface area contributed by atoms with Crippen LogP contribution in [0.2, 0.25) is 0 Å². The standard InChI is InChI=1S/C9H11NO4/c1-5-2-3-10-4-6(5)7(11)8(12)9(13)14/h2-4,7-8,11-12H,1H3,(H,13,14). The number of carbonyl (C=O) groups is 1. The zero-order chi connectivity index (χ0) is 10.7. The summed E-state index contributed by atoms with van der Waals surface area (Å²) in [5, 5.41) is 27.0. The van der Waals surface area contributed by atoms with E-state index in [-0.39, 0.29) is 0 Å². The zero-order valence-corrected chi connectivity index (χ0v) is 7.58.